The van der Waals surface area contributed by atoms with Crippen molar-refractivity contribution in [3.05, 3.63) is 58.3 Å². The Balaban J connectivity index is 0.00000392. The number of rotatable bonds is 10. The van der Waals surface area contributed by atoms with E-state index in [2.05, 4.69) is 40.1 Å². The van der Waals surface area contributed by atoms with Gasteiger partial charge in [-0.3, -0.25) is 4.99 Å². The van der Waals surface area contributed by atoms with Crippen molar-refractivity contribution in [3.63, 3.8) is 0 Å². The number of nitrogens with zero attached hydrogens (tertiary/aromatic N) is 1. The number of aliphatic hydroxyl groups excluding tert-OH is 1. The predicted molar refractivity (Wildman–Crippen MR) is 129 cm³/mol. The number of hydrogen-bond donors (Lipinski definition) is 3. The topological polar surface area (TPSA) is 65.9 Å². The van der Waals surface area contributed by atoms with Gasteiger partial charge in [0.1, 0.15) is 0 Å². The molecule has 7 heteroatoms. The zero-order chi connectivity index (χ0) is 19.5. The quantitative estimate of drug-likeness (QED) is 0.252. The molecule has 3 N–H and O–H groups in total. The standard InChI is InChI=1S/C21H31N3O2S.HI/c1-4-22-21(23-13-16(2)20-11-8-12-27-20)24-14-19(25)15-26-17(3)18-9-6-5-7-10-18;/h5-12,16-17,19,25H,4,13-15H2,1-3H3,(H2,22,23,24);1H. The summed E-state index contributed by atoms with van der Waals surface area (Å²) in [6.45, 7) is 8.33. The highest BCUT2D eigenvalue weighted by Gasteiger charge is 2.11. The first-order valence-electron chi connectivity index (χ1n) is 9.50. The van der Waals surface area contributed by atoms with Gasteiger partial charge in [0.25, 0.3) is 0 Å². The average Bonchev–Trinajstić information content (AvgIpc) is 3.23. The lowest BCUT2D eigenvalue weighted by molar-refractivity contribution is 0.00111. The molecular weight excluding hydrogens is 485 g/mol. The van der Waals surface area contributed by atoms with Gasteiger partial charge in [-0.05, 0) is 30.9 Å². The second-order valence-corrected chi connectivity index (χ2v) is 7.54. The summed E-state index contributed by atoms with van der Waals surface area (Å²) >= 11 is 1.76. The molecule has 0 aliphatic carbocycles. The Bertz CT molecular complexity index is 668. The predicted octanol–water partition coefficient (Wildman–Crippen LogP) is 4.16. The van der Waals surface area contributed by atoms with Crippen LogP contribution >= 0.6 is 35.3 Å². The fourth-order valence-corrected chi connectivity index (χ4v) is 3.38. The Hall–Kier alpha value is -1.16. The molecule has 0 fully saturated rings. The average molecular weight is 517 g/mol. The van der Waals surface area contributed by atoms with E-state index in [0.29, 0.717) is 12.5 Å². The maximum atomic E-state index is 10.2. The van der Waals surface area contributed by atoms with Gasteiger partial charge in [0.15, 0.2) is 5.96 Å². The molecule has 3 atom stereocenters. The van der Waals surface area contributed by atoms with Gasteiger partial charge in [0, 0.05) is 23.9 Å². The van der Waals surface area contributed by atoms with Gasteiger partial charge in [0.2, 0.25) is 0 Å². The molecule has 0 spiro atoms. The first-order chi connectivity index (χ1) is 13.1. The van der Waals surface area contributed by atoms with E-state index < -0.39 is 6.10 Å². The van der Waals surface area contributed by atoms with Crippen LogP contribution in [0.15, 0.2) is 52.8 Å². The Morgan fingerprint density at radius 3 is 2.54 bits per heavy atom. The molecule has 3 unspecified atom stereocenters. The van der Waals surface area contributed by atoms with Crippen molar-refractivity contribution < 1.29 is 9.84 Å². The van der Waals surface area contributed by atoms with Crippen LogP contribution in [0.2, 0.25) is 0 Å². The highest BCUT2D eigenvalue weighted by molar-refractivity contribution is 14.0. The molecule has 2 rings (SSSR count). The summed E-state index contributed by atoms with van der Waals surface area (Å²) in [6, 6.07) is 14.2. The van der Waals surface area contributed by atoms with E-state index in [1.807, 2.05) is 44.2 Å². The Morgan fingerprint density at radius 1 is 1.14 bits per heavy atom. The van der Waals surface area contributed by atoms with Crippen molar-refractivity contribution in [2.45, 2.75) is 38.9 Å². The summed E-state index contributed by atoms with van der Waals surface area (Å²) in [5.41, 5.74) is 1.10. The molecule has 0 bridgehead atoms. The van der Waals surface area contributed by atoms with E-state index in [0.717, 1.165) is 24.6 Å². The summed E-state index contributed by atoms with van der Waals surface area (Å²) in [4.78, 5) is 5.83. The first-order valence-corrected chi connectivity index (χ1v) is 10.4. The number of nitrogens with one attached hydrogen (secondary N) is 2. The molecule has 0 saturated carbocycles. The van der Waals surface area contributed by atoms with E-state index in [-0.39, 0.29) is 36.7 Å². The number of thiophene rings is 1. The number of hydrogen-bond acceptors (Lipinski definition) is 4. The normalized spacial score (nSPS) is 14.6. The van der Waals surface area contributed by atoms with Crippen molar-refractivity contribution >= 4 is 41.3 Å². The van der Waals surface area contributed by atoms with Crippen LogP contribution in [0.3, 0.4) is 0 Å². The van der Waals surface area contributed by atoms with Crippen molar-refractivity contribution in [1.29, 1.82) is 0 Å². The summed E-state index contributed by atoms with van der Waals surface area (Å²) in [6.07, 6.45) is -0.691. The Kier molecular flexibility index (Phi) is 12.4. The van der Waals surface area contributed by atoms with Crippen LogP contribution in [0.4, 0.5) is 0 Å². The molecular formula is C21H32IN3O2S. The molecule has 2 aromatic rings. The number of halogens is 1. The summed E-state index contributed by atoms with van der Waals surface area (Å²) < 4.78 is 5.77. The lowest BCUT2D eigenvalue weighted by Crippen LogP contribution is -2.39. The van der Waals surface area contributed by atoms with Crippen LogP contribution in [-0.2, 0) is 4.74 Å². The Morgan fingerprint density at radius 2 is 1.89 bits per heavy atom. The third-order valence-electron chi connectivity index (χ3n) is 4.22. The van der Waals surface area contributed by atoms with E-state index in [1.54, 1.807) is 11.3 Å². The smallest absolute Gasteiger partial charge is 0.191 e. The minimum atomic E-state index is -0.638. The van der Waals surface area contributed by atoms with Crippen molar-refractivity contribution in [2.24, 2.45) is 4.99 Å². The summed E-state index contributed by atoms with van der Waals surface area (Å²) in [7, 11) is 0. The monoisotopic (exact) mass is 517 g/mol. The van der Waals surface area contributed by atoms with E-state index in [9.17, 15) is 5.11 Å². The van der Waals surface area contributed by atoms with Crippen LogP contribution in [0, 0.1) is 0 Å². The molecule has 156 valence electrons. The van der Waals surface area contributed by atoms with Gasteiger partial charge in [-0.1, -0.05) is 43.3 Å². The maximum Gasteiger partial charge on any atom is 0.191 e. The molecule has 1 aromatic carbocycles. The fraction of sp³-hybridized carbons (Fsp3) is 0.476. The van der Waals surface area contributed by atoms with Gasteiger partial charge < -0.3 is 20.5 Å². The molecule has 5 nitrogen and oxygen atoms in total. The summed E-state index contributed by atoms with van der Waals surface area (Å²) in [5, 5.41) is 18.9. The van der Waals surface area contributed by atoms with Crippen molar-refractivity contribution in [2.75, 3.05) is 26.2 Å². The minimum absolute atomic E-state index is 0. The molecule has 1 aromatic heterocycles. The SMILES string of the molecule is CCNC(=NCC(O)COC(C)c1ccccc1)NCC(C)c1cccs1.I. The molecule has 0 aliphatic rings. The molecule has 28 heavy (non-hydrogen) atoms. The molecule has 0 amide bonds. The van der Waals surface area contributed by atoms with E-state index in [1.165, 1.54) is 4.88 Å². The van der Waals surface area contributed by atoms with E-state index in [4.69, 9.17) is 4.74 Å². The minimum Gasteiger partial charge on any atom is -0.389 e. The van der Waals surface area contributed by atoms with Crippen molar-refractivity contribution in [3.8, 4) is 0 Å². The van der Waals surface area contributed by atoms with Crippen LogP contribution in [0.5, 0.6) is 0 Å². The van der Waals surface area contributed by atoms with E-state index >= 15 is 0 Å². The number of benzene rings is 1. The lowest BCUT2D eigenvalue weighted by atomic mass is 10.1. The molecule has 1 heterocycles. The lowest BCUT2D eigenvalue weighted by Gasteiger charge is -2.17. The third kappa shape index (κ3) is 8.89. The third-order valence-corrected chi connectivity index (χ3v) is 5.32. The second-order valence-electron chi connectivity index (χ2n) is 6.56. The Labute approximate surface area is 189 Å². The molecule has 0 radical (unpaired) electrons. The zero-order valence-electron chi connectivity index (χ0n) is 16.8. The van der Waals surface area contributed by atoms with Crippen LogP contribution in [-0.4, -0.2) is 43.4 Å². The maximum absolute atomic E-state index is 10.2. The number of aliphatic hydroxyl groups is 1. The summed E-state index contributed by atoms with van der Waals surface area (Å²) in [5.74, 6) is 1.13. The van der Waals surface area contributed by atoms with Crippen LogP contribution in [0.1, 0.15) is 43.2 Å². The van der Waals surface area contributed by atoms with Gasteiger partial charge in [-0.2, -0.15) is 0 Å². The van der Waals surface area contributed by atoms with Gasteiger partial charge in [-0.15, -0.1) is 35.3 Å². The fourth-order valence-electron chi connectivity index (χ4n) is 2.59. The number of guanidine groups is 1. The number of aliphatic imine (C=N–C) groups is 1. The van der Waals surface area contributed by atoms with Gasteiger partial charge in [-0.25, -0.2) is 0 Å². The van der Waals surface area contributed by atoms with Crippen LogP contribution < -0.4 is 10.6 Å². The highest BCUT2D eigenvalue weighted by Crippen LogP contribution is 2.19. The molecule has 0 aliphatic heterocycles. The van der Waals surface area contributed by atoms with Gasteiger partial charge in [0.05, 0.1) is 25.4 Å². The van der Waals surface area contributed by atoms with Gasteiger partial charge >= 0.3 is 0 Å². The molecule has 0 saturated heterocycles. The second kappa shape index (κ2) is 13.9. The highest BCUT2D eigenvalue weighted by atomic mass is 127. The first kappa shape index (κ1) is 24.9. The van der Waals surface area contributed by atoms with Crippen molar-refractivity contribution in [1.82, 2.24) is 10.6 Å². The zero-order valence-corrected chi connectivity index (χ0v) is 19.9. The number of ether oxygens (including phenoxy) is 1. The largest absolute Gasteiger partial charge is 0.389 e. The van der Waals surface area contributed by atoms with Crippen LogP contribution in [0.25, 0.3) is 0 Å².